The Hall–Kier alpha value is -3.81. The van der Waals surface area contributed by atoms with Crippen molar-refractivity contribution in [3.05, 3.63) is 66.2 Å². The summed E-state index contributed by atoms with van der Waals surface area (Å²) in [6, 6.07) is 13.4. The average Bonchev–Trinajstić information content (AvgIpc) is 3.32. The van der Waals surface area contributed by atoms with Gasteiger partial charge < -0.3 is 14.8 Å². The number of aromatic nitrogens is 5. The Labute approximate surface area is 180 Å². The molecule has 1 aromatic carbocycles. The van der Waals surface area contributed by atoms with Crippen LogP contribution in [0.5, 0.6) is 0 Å². The van der Waals surface area contributed by atoms with Crippen LogP contribution in [0.1, 0.15) is 23.0 Å². The van der Waals surface area contributed by atoms with Crippen LogP contribution in [0.3, 0.4) is 0 Å². The molecule has 4 aromatic rings. The number of anilines is 1. The minimum Gasteiger partial charge on any atom is -0.353 e. The molecule has 0 aliphatic carbocycles. The van der Waals surface area contributed by atoms with Gasteiger partial charge >= 0.3 is 0 Å². The molecule has 1 fully saturated rings. The lowest BCUT2D eigenvalue weighted by molar-refractivity contribution is 0.0746. The molecule has 3 aromatic heterocycles. The van der Waals surface area contributed by atoms with Crippen molar-refractivity contribution in [3.63, 3.8) is 0 Å². The van der Waals surface area contributed by atoms with Gasteiger partial charge in [-0.1, -0.05) is 13.0 Å². The zero-order valence-corrected chi connectivity index (χ0v) is 17.3. The molecule has 0 saturated carbocycles. The molecule has 1 saturated heterocycles. The van der Waals surface area contributed by atoms with Crippen molar-refractivity contribution in [2.45, 2.75) is 13.3 Å². The number of amides is 1. The van der Waals surface area contributed by atoms with Gasteiger partial charge in [0.05, 0.1) is 17.4 Å². The van der Waals surface area contributed by atoms with Crippen molar-refractivity contribution in [2.75, 3.05) is 31.1 Å². The third kappa shape index (κ3) is 3.84. The zero-order valence-electron chi connectivity index (χ0n) is 17.3. The lowest BCUT2D eigenvalue weighted by Gasteiger charge is -2.35. The highest BCUT2D eigenvalue weighted by Gasteiger charge is 2.24. The van der Waals surface area contributed by atoms with E-state index in [0.717, 1.165) is 47.7 Å². The Morgan fingerprint density at radius 3 is 2.68 bits per heavy atom. The minimum absolute atomic E-state index is 0.0438. The fourth-order valence-corrected chi connectivity index (χ4v) is 3.83. The van der Waals surface area contributed by atoms with E-state index in [9.17, 15) is 4.79 Å². The number of piperazine rings is 1. The minimum atomic E-state index is 0.0438. The van der Waals surface area contributed by atoms with E-state index in [1.54, 1.807) is 12.5 Å². The second kappa shape index (κ2) is 8.14. The van der Waals surface area contributed by atoms with Crippen LogP contribution in [0.15, 0.2) is 55.0 Å². The maximum absolute atomic E-state index is 13.0. The van der Waals surface area contributed by atoms with Crippen LogP contribution in [0.25, 0.3) is 22.6 Å². The lowest BCUT2D eigenvalue weighted by atomic mass is 10.1. The van der Waals surface area contributed by atoms with Gasteiger partial charge in [0.25, 0.3) is 5.91 Å². The molecule has 0 spiro atoms. The molecular formula is C23H23N7O. The quantitative estimate of drug-likeness (QED) is 0.553. The van der Waals surface area contributed by atoms with Crippen LogP contribution in [-0.2, 0) is 6.42 Å². The molecule has 1 amide bonds. The standard InChI is InChI=1S/C23H23N7O/c1-2-17-14-21(28-22(27-17)19-5-3-4-8-24-19)29-9-11-30(12-10-29)23(31)16-6-7-18-20(13-16)26-15-25-18/h3-8,13-15H,2,9-12H2,1H3,(H,25,26). The van der Waals surface area contributed by atoms with E-state index in [2.05, 4.69) is 31.8 Å². The van der Waals surface area contributed by atoms with Crippen LogP contribution in [0.2, 0.25) is 0 Å². The van der Waals surface area contributed by atoms with Crippen molar-refractivity contribution in [1.82, 2.24) is 29.8 Å². The fourth-order valence-electron chi connectivity index (χ4n) is 3.83. The van der Waals surface area contributed by atoms with Gasteiger partial charge in [-0.3, -0.25) is 9.78 Å². The number of rotatable bonds is 4. The molecule has 0 bridgehead atoms. The van der Waals surface area contributed by atoms with Crippen LogP contribution in [0, 0.1) is 0 Å². The molecule has 1 aliphatic rings. The predicted molar refractivity (Wildman–Crippen MR) is 119 cm³/mol. The molecule has 0 unspecified atom stereocenters. The summed E-state index contributed by atoms with van der Waals surface area (Å²) in [5, 5.41) is 0. The van der Waals surface area contributed by atoms with Crippen molar-refractivity contribution in [2.24, 2.45) is 0 Å². The number of aryl methyl sites for hydroxylation is 1. The molecule has 1 N–H and O–H groups in total. The van der Waals surface area contributed by atoms with Gasteiger partial charge in [0, 0.05) is 49.7 Å². The zero-order chi connectivity index (χ0) is 21.2. The Morgan fingerprint density at radius 2 is 1.90 bits per heavy atom. The van der Waals surface area contributed by atoms with E-state index in [1.807, 2.05) is 47.4 Å². The van der Waals surface area contributed by atoms with E-state index in [1.165, 1.54) is 0 Å². The predicted octanol–water partition coefficient (Wildman–Crippen LogP) is 2.94. The first kappa shape index (κ1) is 19.2. The van der Waals surface area contributed by atoms with Gasteiger partial charge in [0.2, 0.25) is 0 Å². The Balaban J connectivity index is 1.32. The number of imidazole rings is 1. The summed E-state index contributed by atoms with van der Waals surface area (Å²) in [6.45, 7) is 4.82. The van der Waals surface area contributed by atoms with Gasteiger partial charge in [-0.05, 0) is 36.8 Å². The second-order valence-corrected chi connectivity index (χ2v) is 7.52. The largest absolute Gasteiger partial charge is 0.353 e. The maximum atomic E-state index is 13.0. The molecule has 8 heteroatoms. The van der Waals surface area contributed by atoms with E-state index in [0.29, 0.717) is 24.5 Å². The van der Waals surface area contributed by atoms with Crippen LogP contribution in [0.4, 0.5) is 5.82 Å². The number of hydrogen-bond acceptors (Lipinski definition) is 6. The molecule has 0 radical (unpaired) electrons. The van der Waals surface area contributed by atoms with Gasteiger partial charge in [-0.2, -0.15) is 0 Å². The lowest BCUT2D eigenvalue weighted by Crippen LogP contribution is -2.49. The molecule has 31 heavy (non-hydrogen) atoms. The highest BCUT2D eigenvalue weighted by Crippen LogP contribution is 2.21. The number of carbonyl (C=O) groups excluding carboxylic acids is 1. The number of carbonyl (C=O) groups is 1. The third-order valence-corrected chi connectivity index (χ3v) is 5.58. The second-order valence-electron chi connectivity index (χ2n) is 7.52. The first-order chi connectivity index (χ1) is 15.2. The van der Waals surface area contributed by atoms with Crippen molar-refractivity contribution in [3.8, 4) is 11.5 Å². The number of nitrogens with zero attached hydrogens (tertiary/aromatic N) is 6. The summed E-state index contributed by atoms with van der Waals surface area (Å²) in [4.78, 5) is 38.2. The first-order valence-electron chi connectivity index (χ1n) is 10.5. The van der Waals surface area contributed by atoms with Gasteiger partial charge in [0.1, 0.15) is 11.5 Å². The first-order valence-corrected chi connectivity index (χ1v) is 10.5. The molecule has 0 atom stereocenters. The van der Waals surface area contributed by atoms with Gasteiger partial charge in [-0.25, -0.2) is 15.0 Å². The van der Waals surface area contributed by atoms with Gasteiger partial charge in [0.15, 0.2) is 5.82 Å². The summed E-state index contributed by atoms with van der Waals surface area (Å²) in [5.74, 6) is 1.57. The van der Waals surface area contributed by atoms with E-state index < -0.39 is 0 Å². The molecule has 5 rings (SSSR count). The van der Waals surface area contributed by atoms with E-state index in [4.69, 9.17) is 4.98 Å². The Morgan fingerprint density at radius 1 is 1.03 bits per heavy atom. The highest BCUT2D eigenvalue weighted by atomic mass is 16.2. The Bertz CT molecular complexity index is 1210. The smallest absolute Gasteiger partial charge is 0.254 e. The molecule has 4 heterocycles. The van der Waals surface area contributed by atoms with Gasteiger partial charge in [-0.15, -0.1) is 0 Å². The summed E-state index contributed by atoms with van der Waals surface area (Å²) < 4.78 is 0. The Kier molecular flexibility index (Phi) is 5.03. The average molecular weight is 413 g/mol. The topological polar surface area (TPSA) is 90.9 Å². The van der Waals surface area contributed by atoms with Crippen LogP contribution in [-0.4, -0.2) is 61.9 Å². The molecule has 8 nitrogen and oxygen atoms in total. The van der Waals surface area contributed by atoms with Crippen LogP contribution < -0.4 is 4.90 Å². The summed E-state index contributed by atoms with van der Waals surface area (Å²) in [6.07, 6.45) is 4.22. The maximum Gasteiger partial charge on any atom is 0.254 e. The number of hydrogen-bond donors (Lipinski definition) is 1. The number of fused-ring (bicyclic) bond motifs is 1. The summed E-state index contributed by atoms with van der Waals surface area (Å²) >= 11 is 0. The number of H-pyrrole nitrogens is 1. The SMILES string of the molecule is CCc1cc(N2CCN(C(=O)c3ccc4nc[nH]c4c3)CC2)nc(-c2ccccn2)n1. The number of aromatic amines is 1. The highest BCUT2D eigenvalue weighted by molar-refractivity contribution is 5.97. The summed E-state index contributed by atoms with van der Waals surface area (Å²) in [7, 11) is 0. The van der Waals surface area contributed by atoms with Crippen molar-refractivity contribution < 1.29 is 4.79 Å². The molecule has 156 valence electrons. The van der Waals surface area contributed by atoms with Crippen molar-refractivity contribution >= 4 is 22.8 Å². The fraction of sp³-hybridized carbons (Fsp3) is 0.261. The molecular weight excluding hydrogens is 390 g/mol. The number of nitrogens with one attached hydrogen (secondary N) is 1. The monoisotopic (exact) mass is 413 g/mol. The normalized spacial score (nSPS) is 14.2. The third-order valence-electron chi connectivity index (χ3n) is 5.58. The number of pyridine rings is 1. The van der Waals surface area contributed by atoms with Crippen molar-refractivity contribution in [1.29, 1.82) is 0 Å². The van der Waals surface area contributed by atoms with E-state index in [-0.39, 0.29) is 5.91 Å². The van der Waals surface area contributed by atoms with E-state index >= 15 is 0 Å². The molecule has 1 aliphatic heterocycles. The van der Waals surface area contributed by atoms with Crippen LogP contribution >= 0.6 is 0 Å². The number of benzene rings is 1. The summed E-state index contributed by atoms with van der Waals surface area (Å²) in [5.41, 5.74) is 4.16.